The smallest absolute Gasteiger partial charge is 0.248 e. The van der Waals surface area contributed by atoms with Crippen LogP contribution < -0.4 is 24.3 Å². The Hall–Kier alpha value is -3.93. The number of nitrogens with one attached hydrogen (secondary N) is 1. The predicted octanol–water partition coefficient (Wildman–Crippen LogP) is 5.25. The minimum atomic E-state index is -0.268. The number of rotatable bonds is 9. The lowest BCUT2D eigenvalue weighted by molar-refractivity contribution is -0.111. The van der Waals surface area contributed by atoms with E-state index in [9.17, 15) is 4.79 Å². The van der Waals surface area contributed by atoms with E-state index in [0.717, 1.165) is 11.1 Å². The third kappa shape index (κ3) is 5.82. The molecule has 0 saturated carbocycles. The maximum absolute atomic E-state index is 12.3. The highest BCUT2D eigenvalue weighted by Crippen LogP contribution is 2.31. The Labute approximate surface area is 188 Å². The maximum atomic E-state index is 12.3. The Balaban J connectivity index is 1.65. The van der Waals surface area contributed by atoms with Gasteiger partial charge in [-0.1, -0.05) is 30.3 Å². The Kier molecular flexibility index (Phi) is 7.75. The van der Waals surface area contributed by atoms with Crippen LogP contribution in [0, 0.1) is 6.92 Å². The van der Waals surface area contributed by atoms with Crippen molar-refractivity contribution in [3.05, 3.63) is 83.4 Å². The zero-order chi connectivity index (χ0) is 22.9. The number of amides is 1. The van der Waals surface area contributed by atoms with Gasteiger partial charge >= 0.3 is 0 Å². The molecule has 0 radical (unpaired) electrons. The van der Waals surface area contributed by atoms with Crippen molar-refractivity contribution < 1.29 is 23.7 Å². The van der Waals surface area contributed by atoms with Crippen molar-refractivity contribution in [2.24, 2.45) is 0 Å². The van der Waals surface area contributed by atoms with Crippen LogP contribution in [0.5, 0.6) is 23.0 Å². The summed E-state index contributed by atoms with van der Waals surface area (Å²) in [5.74, 6) is 2.11. The van der Waals surface area contributed by atoms with Gasteiger partial charge in [0.25, 0.3) is 0 Å². The summed E-state index contributed by atoms with van der Waals surface area (Å²) >= 11 is 0. The molecule has 0 aliphatic rings. The van der Waals surface area contributed by atoms with Gasteiger partial charge in [0.05, 0.1) is 21.3 Å². The van der Waals surface area contributed by atoms with Crippen LogP contribution in [0.4, 0.5) is 5.69 Å². The molecule has 6 nitrogen and oxygen atoms in total. The maximum Gasteiger partial charge on any atom is 0.248 e. The van der Waals surface area contributed by atoms with Crippen LogP contribution in [-0.4, -0.2) is 27.2 Å². The van der Waals surface area contributed by atoms with E-state index in [-0.39, 0.29) is 5.91 Å². The van der Waals surface area contributed by atoms with Crippen LogP contribution in [0.3, 0.4) is 0 Å². The van der Waals surface area contributed by atoms with Crippen molar-refractivity contribution in [1.29, 1.82) is 0 Å². The van der Waals surface area contributed by atoms with Gasteiger partial charge in [0.15, 0.2) is 23.0 Å². The van der Waals surface area contributed by atoms with Gasteiger partial charge in [-0.15, -0.1) is 0 Å². The number of anilines is 1. The molecule has 6 heteroatoms. The lowest BCUT2D eigenvalue weighted by Crippen LogP contribution is -2.08. The zero-order valence-electron chi connectivity index (χ0n) is 18.7. The molecule has 0 unspecified atom stereocenters. The number of benzene rings is 3. The molecule has 3 rings (SSSR count). The van der Waals surface area contributed by atoms with Crippen molar-refractivity contribution in [3.8, 4) is 23.0 Å². The number of ether oxygens (including phenoxy) is 4. The highest BCUT2D eigenvalue weighted by molar-refractivity contribution is 6.02. The first-order valence-corrected chi connectivity index (χ1v) is 10.1. The van der Waals surface area contributed by atoms with Gasteiger partial charge in [0, 0.05) is 17.8 Å². The lowest BCUT2D eigenvalue weighted by Gasteiger charge is -2.12. The van der Waals surface area contributed by atoms with Gasteiger partial charge in [0.1, 0.15) is 6.61 Å². The van der Waals surface area contributed by atoms with Crippen molar-refractivity contribution in [3.63, 3.8) is 0 Å². The number of aryl methyl sites for hydroxylation is 1. The normalized spacial score (nSPS) is 10.6. The van der Waals surface area contributed by atoms with Gasteiger partial charge in [-0.25, -0.2) is 0 Å². The van der Waals surface area contributed by atoms with E-state index in [1.807, 2.05) is 36.4 Å². The minimum absolute atomic E-state index is 0.268. The molecule has 0 heterocycles. The molecular weight excluding hydrogens is 406 g/mol. The molecule has 1 N–H and O–H groups in total. The van der Waals surface area contributed by atoms with E-state index in [4.69, 9.17) is 18.9 Å². The molecule has 0 aliphatic heterocycles. The lowest BCUT2D eigenvalue weighted by atomic mass is 10.1. The topological polar surface area (TPSA) is 66.0 Å². The van der Waals surface area contributed by atoms with Crippen molar-refractivity contribution >= 4 is 17.7 Å². The second kappa shape index (κ2) is 10.9. The van der Waals surface area contributed by atoms with Crippen LogP contribution in [0.1, 0.15) is 16.7 Å². The molecule has 3 aromatic rings. The summed E-state index contributed by atoms with van der Waals surface area (Å²) in [5.41, 5.74) is 3.71. The quantitative estimate of drug-likeness (QED) is 0.467. The first kappa shape index (κ1) is 22.7. The number of hydrogen-bond acceptors (Lipinski definition) is 5. The SMILES string of the molecule is COc1ccc(NC(=O)/C=C/c2ccc(OCc3ccccc3C)c(OC)c2)cc1OC. The number of hydrogen-bond donors (Lipinski definition) is 1. The predicted molar refractivity (Wildman–Crippen MR) is 126 cm³/mol. The minimum Gasteiger partial charge on any atom is -0.493 e. The zero-order valence-corrected chi connectivity index (χ0v) is 18.7. The van der Waals surface area contributed by atoms with Crippen LogP contribution in [0.25, 0.3) is 6.08 Å². The summed E-state index contributed by atoms with van der Waals surface area (Å²) in [5, 5.41) is 2.80. The van der Waals surface area contributed by atoms with Crippen LogP contribution in [-0.2, 0) is 11.4 Å². The monoisotopic (exact) mass is 433 g/mol. The fraction of sp³-hybridized carbons (Fsp3) is 0.192. The molecule has 0 bridgehead atoms. The molecule has 1 amide bonds. The second-order valence-corrected chi connectivity index (χ2v) is 7.02. The molecule has 0 fully saturated rings. The van der Waals surface area contributed by atoms with Gasteiger partial charge < -0.3 is 24.3 Å². The average Bonchev–Trinajstić information content (AvgIpc) is 2.82. The Morgan fingerprint density at radius 3 is 2.25 bits per heavy atom. The summed E-state index contributed by atoms with van der Waals surface area (Å²) in [7, 11) is 4.70. The molecule has 0 spiro atoms. The molecule has 0 saturated heterocycles. The standard InChI is InChI=1S/C26H27NO5/c1-18-7-5-6-8-20(18)17-32-23-12-9-19(15-24(23)30-3)10-14-26(28)27-21-11-13-22(29-2)25(16-21)31-4/h5-16H,17H2,1-4H3,(H,27,28)/b14-10+. The molecule has 3 aromatic carbocycles. The van der Waals surface area contributed by atoms with E-state index in [0.29, 0.717) is 35.3 Å². The summed E-state index contributed by atoms with van der Waals surface area (Å²) in [6.07, 6.45) is 3.17. The molecule has 166 valence electrons. The van der Waals surface area contributed by atoms with E-state index in [1.54, 1.807) is 45.6 Å². The third-order valence-electron chi connectivity index (χ3n) is 4.91. The van der Waals surface area contributed by atoms with Gasteiger partial charge in [-0.3, -0.25) is 4.79 Å². The molecule has 32 heavy (non-hydrogen) atoms. The third-order valence-corrected chi connectivity index (χ3v) is 4.91. The fourth-order valence-electron chi connectivity index (χ4n) is 3.10. The van der Waals surface area contributed by atoms with Crippen LogP contribution in [0.2, 0.25) is 0 Å². The Morgan fingerprint density at radius 1 is 0.844 bits per heavy atom. The van der Waals surface area contributed by atoms with Gasteiger partial charge in [-0.2, -0.15) is 0 Å². The van der Waals surface area contributed by atoms with E-state index in [2.05, 4.69) is 18.3 Å². The molecular formula is C26H27NO5. The number of carbonyl (C=O) groups is 1. The van der Waals surface area contributed by atoms with Crippen LogP contribution >= 0.6 is 0 Å². The summed E-state index contributed by atoms with van der Waals surface area (Å²) in [6.45, 7) is 2.50. The number of methoxy groups -OCH3 is 3. The van der Waals surface area contributed by atoms with Crippen molar-refractivity contribution in [1.82, 2.24) is 0 Å². The van der Waals surface area contributed by atoms with Gasteiger partial charge in [0.2, 0.25) is 5.91 Å². The fourth-order valence-corrected chi connectivity index (χ4v) is 3.10. The Morgan fingerprint density at radius 2 is 1.53 bits per heavy atom. The number of carbonyl (C=O) groups excluding carboxylic acids is 1. The molecule has 0 atom stereocenters. The van der Waals surface area contributed by atoms with Crippen molar-refractivity contribution in [2.75, 3.05) is 26.6 Å². The highest BCUT2D eigenvalue weighted by atomic mass is 16.5. The van der Waals surface area contributed by atoms with E-state index < -0.39 is 0 Å². The molecule has 0 aliphatic carbocycles. The largest absolute Gasteiger partial charge is 0.493 e. The Bertz CT molecular complexity index is 1110. The molecule has 0 aromatic heterocycles. The summed E-state index contributed by atoms with van der Waals surface area (Å²) in [6, 6.07) is 18.8. The average molecular weight is 434 g/mol. The van der Waals surface area contributed by atoms with Crippen LogP contribution in [0.15, 0.2) is 66.7 Å². The van der Waals surface area contributed by atoms with Gasteiger partial charge in [-0.05, 0) is 54.0 Å². The first-order chi connectivity index (χ1) is 15.5. The van der Waals surface area contributed by atoms with E-state index in [1.165, 1.54) is 11.6 Å². The van der Waals surface area contributed by atoms with E-state index >= 15 is 0 Å². The second-order valence-electron chi connectivity index (χ2n) is 7.02. The van der Waals surface area contributed by atoms with Crippen molar-refractivity contribution in [2.45, 2.75) is 13.5 Å². The first-order valence-electron chi connectivity index (χ1n) is 10.1. The summed E-state index contributed by atoms with van der Waals surface area (Å²) in [4.78, 5) is 12.3. The highest BCUT2D eigenvalue weighted by Gasteiger charge is 2.08. The summed E-state index contributed by atoms with van der Waals surface area (Å²) < 4.78 is 21.9.